The summed E-state index contributed by atoms with van der Waals surface area (Å²) in [5, 5.41) is 0. The van der Waals surface area contributed by atoms with Crippen LogP contribution in [0.1, 0.15) is 13.8 Å². The van der Waals surface area contributed by atoms with Gasteiger partial charge >= 0.3 is 19.8 Å². The lowest BCUT2D eigenvalue weighted by Crippen LogP contribution is -2.04. The summed E-state index contributed by atoms with van der Waals surface area (Å²) in [5.74, 6) is -1.92. The Labute approximate surface area is 72.8 Å². The molecule has 0 saturated carbocycles. The molecule has 0 aliphatic heterocycles. The Morgan fingerprint density at radius 2 is 1.38 bits per heavy atom. The number of hydrogen-bond acceptors (Lipinski definition) is 7. The fraction of sp³-hybridized carbons (Fsp3) is 0.500. The highest BCUT2D eigenvalue weighted by Crippen LogP contribution is 2.43. The van der Waals surface area contributed by atoms with Crippen molar-refractivity contribution < 1.29 is 38.2 Å². The van der Waals surface area contributed by atoms with E-state index in [1.54, 1.807) is 0 Å². The third-order valence-corrected chi connectivity index (χ3v) is 1.02. The maximum Gasteiger partial charge on any atom is 0.544 e. The maximum absolute atomic E-state index is 10.6. The van der Waals surface area contributed by atoms with Crippen molar-refractivity contribution in [2.24, 2.45) is 0 Å². The molecule has 0 aliphatic rings. The molecule has 8 nitrogen and oxygen atoms in total. The van der Waals surface area contributed by atoms with Gasteiger partial charge in [0.25, 0.3) is 0 Å². The third kappa shape index (κ3) is 7.41. The van der Waals surface area contributed by atoms with Crippen LogP contribution in [-0.2, 0) is 33.3 Å². The molecule has 0 aromatic carbocycles. The van der Waals surface area contributed by atoms with Crippen LogP contribution in [0.3, 0.4) is 0 Å². The standard InChI is InChI=1S/C4H7O8P/c1-3(5)9-11-13(7,8)12-10-4(2)6/h1-2H3,(H,7,8). The van der Waals surface area contributed by atoms with E-state index < -0.39 is 19.8 Å². The number of phosphoric acid groups is 1. The number of carbonyl (C=O) groups excluding carboxylic acids is 2. The van der Waals surface area contributed by atoms with E-state index in [0.717, 1.165) is 13.8 Å². The molecule has 0 heterocycles. The van der Waals surface area contributed by atoms with Gasteiger partial charge in [-0.05, 0) is 0 Å². The van der Waals surface area contributed by atoms with Gasteiger partial charge in [-0.25, -0.2) is 14.2 Å². The summed E-state index contributed by atoms with van der Waals surface area (Å²) in [5.41, 5.74) is 0. The number of rotatable bonds is 4. The zero-order chi connectivity index (χ0) is 10.5. The Balaban J connectivity index is 3.87. The van der Waals surface area contributed by atoms with Gasteiger partial charge in [-0.15, -0.1) is 0 Å². The molecule has 0 saturated heterocycles. The molecule has 0 amide bonds. The number of hydrogen-bond donors (Lipinski definition) is 1. The Morgan fingerprint density at radius 1 is 1.08 bits per heavy atom. The molecule has 0 fully saturated rings. The zero-order valence-electron chi connectivity index (χ0n) is 6.75. The van der Waals surface area contributed by atoms with Crippen molar-refractivity contribution in [3.05, 3.63) is 0 Å². The molecule has 0 spiro atoms. The van der Waals surface area contributed by atoms with E-state index in [2.05, 4.69) is 19.1 Å². The predicted molar refractivity (Wildman–Crippen MR) is 35.5 cm³/mol. The maximum atomic E-state index is 10.6. The van der Waals surface area contributed by atoms with E-state index in [1.807, 2.05) is 0 Å². The van der Waals surface area contributed by atoms with Crippen molar-refractivity contribution >= 4 is 19.8 Å². The second-order valence-corrected chi connectivity index (χ2v) is 3.00. The molecule has 0 aliphatic carbocycles. The molecule has 1 N–H and O–H groups in total. The van der Waals surface area contributed by atoms with Gasteiger partial charge in [0, 0.05) is 13.8 Å². The van der Waals surface area contributed by atoms with Crippen LogP contribution in [-0.4, -0.2) is 16.8 Å². The monoisotopic (exact) mass is 214 g/mol. The minimum Gasteiger partial charge on any atom is -0.298 e. The van der Waals surface area contributed by atoms with Gasteiger partial charge in [0.15, 0.2) is 0 Å². The molecule has 0 aromatic rings. The third-order valence-electron chi connectivity index (χ3n) is 0.498. The largest absolute Gasteiger partial charge is 0.544 e. The quantitative estimate of drug-likeness (QED) is 0.398. The Bertz CT molecular complexity index is 225. The van der Waals surface area contributed by atoms with Gasteiger partial charge in [0.05, 0.1) is 0 Å². The van der Waals surface area contributed by atoms with E-state index in [9.17, 15) is 14.2 Å². The fourth-order valence-corrected chi connectivity index (χ4v) is 0.635. The average Bonchev–Trinajstić information content (AvgIpc) is 1.98. The van der Waals surface area contributed by atoms with Crippen LogP contribution in [0.2, 0.25) is 0 Å². The van der Waals surface area contributed by atoms with Gasteiger partial charge in [0.2, 0.25) is 0 Å². The molecule has 9 heteroatoms. The molecule has 0 radical (unpaired) electrons. The topological polar surface area (TPSA) is 108 Å². The van der Waals surface area contributed by atoms with Crippen LogP contribution < -0.4 is 0 Å². The molecular formula is C4H7O8P. The molecular weight excluding hydrogens is 207 g/mol. The smallest absolute Gasteiger partial charge is 0.298 e. The van der Waals surface area contributed by atoms with Crippen molar-refractivity contribution in [1.82, 2.24) is 0 Å². The van der Waals surface area contributed by atoms with Crippen molar-refractivity contribution in [2.75, 3.05) is 0 Å². The van der Waals surface area contributed by atoms with Crippen LogP contribution in [0.25, 0.3) is 0 Å². The molecule has 0 atom stereocenters. The summed E-state index contributed by atoms with van der Waals surface area (Å²) in [6.07, 6.45) is 0. The molecule has 0 aromatic heterocycles. The highest BCUT2D eigenvalue weighted by Gasteiger charge is 2.27. The van der Waals surface area contributed by atoms with Crippen molar-refractivity contribution in [3.63, 3.8) is 0 Å². The molecule has 0 unspecified atom stereocenters. The van der Waals surface area contributed by atoms with Gasteiger partial charge in [-0.2, -0.15) is 0 Å². The zero-order valence-corrected chi connectivity index (χ0v) is 7.65. The SMILES string of the molecule is CC(=O)OOP(=O)(O)OOC(C)=O. The summed E-state index contributed by atoms with van der Waals surface area (Å²) in [6.45, 7) is 1.87. The van der Waals surface area contributed by atoms with E-state index in [0.29, 0.717) is 0 Å². The Kier molecular flexibility index (Phi) is 4.57. The first kappa shape index (κ1) is 12.0. The van der Waals surface area contributed by atoms with Gasteiger partial charge in [-0.3, -0.25) is 14.7 Å². The highest BCUT2D eigenvalue weighted by atomic mass is 31.2. The predicted octanol–water partition coefficient (Wildman–Crippen LogP) is 0.0762. The first-order valence-corrected chi connectivity index (χ1v) is 4.39. The Morgan fingerprint density at radius 3 is 1.62 bits per heavy atom. The van der Waals surface area contributed by atoms with Crippen LogP contribution >= 0.6 is 7.82 Å². The first-order valence-electron chi connectivity index (χ1n) is 2.90. The summed E-state index contributed by atoms with van der Waals surface area (Å²) in [6, 6.07) is 0. The molecule has 0 rings (SSSR count). The van der Waals surface area contributed by atoms with Gasteiger partial charge in [-0.1, -0.05) is 9.35 Å². The second-order valence-electron chi connectivity index (χ2n) is 1.77. The molecule has 76 valence electrons. The average molecular weight is 214 g/mol. The van der Waals surface area contributed by atoms with Crippen LogP contribution in [0.15, 0.2) is 0 Å². The van der Waals surface area contributed by atoms with Gasteiger partial charge in [0.1, 0.15) is 0 Å². The van der Waals surface area contributed by atoms with Crippen molar-refractivity contribution in [2.45, 2.75) is 13.8 Å². The van der Waals surface area contributed by atoms with E-state index in [-0.39, 0.29) is 0 Å². The van der Waals surface area contributed by atoms with E-state index >= 15 is 0 Å². The van der Waals surface area contributed by atoms with Crippen LogP contribution in [0.4, 0.5) is 0 Å². The van der Waals surface area contributed by atoms with Crippen LogP contribution in [0, 0.1) is 0 Å². The van der Waals surface area contributed by atoms with Crippen molar-refractivity contribution in [1.29, 1.82) is 0 Å². The molecule has 13 heavy (non-hydrogen) atoms. The summed E-state index contributed by atoms with van der Waals surface area (Å²) in [4.78, 5) is 36.1. The van der Waals surface area contributed by atoms with Crippen molar-refractivity contribution in [3.8, 4) is 0 Å². The summed E-state index contributed by atoms with van der Waals surface area (Å²) in [7, 11) is -4.69. The van der Waals surface area contributed by atoms with E-state index in [4.69, 9.17) is 4.89 Å². The Hall–Kier alpha value is -0.950. The summed E-state index contributed by atoms with van der Waals surface area (Å²) >= 11 is 0. The fourth-order valence-electron chi connectivity index (χ4n) is 0.212. The lowest BCUT2D eigenvalue weighted by atomic mass is 10.9. The minimum atomic E-state index is -4.69. The normalized spacial score (nSPS) is 10.7. The number of carbonyl (C=O) groups is 2. The molecule has 0 bridgehead atoms. The van der Waals surface area contributed by atoms with Gasteiger partial charge < -0.3 is 0 Å². The highest BCUT2D eigenvalue weighted by molar-refractivity contribution is 7.47. The lowest BCUT2D eigenvalue weighted by Gasteiger charge is -2.06. The minimum absolute atomic E-state index is 0.936. The lowest BCUT2D eigenvalue weighted by molar-refractivity contribution is -0.258. The second kappa shape index (κ2) is 4.93. The summed E-state index contributed by atoms with van der Waals surface area (Å²) < 4.78 is 17.8. The van der Waals surface area contributed by atoms with E-state index in [1.165, 1.54) is 0 Å². The first-order chi connectivity index (χ1) is 5.83. The van der Waals surface area contributed by atoms with Crippen LogP contribution in [0.5, 0.6) is 0 Å².